The molecule has 0 aliphatic carbocycles. The third-order valence-corrected chi connectivity index (χ3v) is 3.39. The summed E-state index contributed by atoms with van der Waals surface area (Å²) in [6.45, 7) is 2.92. The van der Waals surface area contributed by atoms with E-state index in [0.717, 1.165) is 18.5 Å². The van der Waals surface area contributed by atoms with Crippen LogP contribution in [0.15, 0.2) is 35.1 Å². The van der Waals surface area contributed by atoms with Crippen molar-refractivity contribution in [2.75, 3.05) is 0 Å². The van der Waals surface area contributed by atoms with Gasteiger partial charge in [0, 0.05) is 23.9 Å². The van der Waals surface area contributed by atoms with Crippen LogP contribution in [0.5, 0.6) is 0 Å². The topological polar surface area (TPSA) is 43.8 Å². The molecule has 2 rings (SSSR count). The van der Waals surface area contributed by atoms with Gasteiger partial charge in [0.15, 0.2) is 0 Å². The first-order valence-electron chi connectivity index (χ1n) is 5.85. The summed E-state index contributed by atoms with van der Waals surface area (Å²) in [6.07, 6.45) is 4.57. The Balaban J connectivity index is 2.29. The monoisotopic (exact) mass is 311 g/mol. The number of aryl methyl sites for hydroxylation is 1. The largest absolute Gasteiger partial charge is 0.320 e. The zero-order chi connectivity index (χ0) is 13.1. The van der Waals surface area contributed by atoms with Crippen molar-refractivity contribution in [1.82, 2.24) is 9.78 Å². The van der Waals surface area contributed by atoms with Gasteiger partial charge in [0.25, 0.3) is 0 Å². The lowest BCUT2D eigenvalue weighted by Crippen LogP contribution is -2.13. The smallest absolute Gasteiger partial charge is 0.142 e. The van der Waals surface area contributed by atoms with Crippen molar-refractivity contribution in [3.8, 4) is 0 Å². The highest BCUT2D eigenvalue weighted by Crippen LogP contribution is 2.26. The van der Waals surface area contributed by atoms with Crippen LogP contribution in [0.2, 0.25) is 0 Å². The van der Waals surface area contributed by atoms with Crippen LogP contribution in [0.1, 0.15) is 30.5 Å². The van der Waals surface area contributed by atoms with Crippen LogP contribution < -0.4 is 5.73 Å². The molecule has 1 aromatic heterocycles. The molecule has 1 atom stereocenters. The first-order valence-corrected chi connectivity index (χ1v) is 6.64. The van der Waals surface area contributed by atoms with Crippen molar-refractivity contribution >= 4 is 15.9 Å². The Kier molecular flexibility index (Phi) is 4.14. The van der Waals surface area contributed by atoms with E-state index in [-0.39, 0.29) is 5.82 Å². The summed E-state index contributed by atoms with van der Waals surface area (Å²) in [4.78, 5) is 0. The van der Waals surface area contributed by atoms with Crippen LogP contribution in [-0.2, 0) is 6.54 Å². The van der Waals surface area contributed by atoms with Crippen LogP contribution in [0.3, 0.4) is 0 Å². The Morgan fingerprint density at radius 3 is 3.00 bits per heavy atom. The molecule has 18 heavy (non-hydrogen) atoms. The summed E-state index contributed by atoms with van der Waals surface area (Å²) in [5.74, 6) is -0.312. The van der Waals surface area contributed by atoms with Gasteiger partial charge in [-0.2, -0.15) is 5.10 Å². The fourth-order valence-electron chi connectivity index (χ4n) is 1.83. The minimum atomic E-state index is -0.492. The van der Waals surface area contributed by atoms with E-state index in [1.807, 2.05) is 10.9 Å². The van der Waals surface area contributed by atoms with Gasteiger partial charge in [-0.3, -0.25) is 4.68 Å². The maximum Gasteiger partial charge on any atom is 0.142 e. The molecular formula is C13H15BrFN3. The van der Waals surface area contributed by atoms with Gasteiger partial charge in [-0.15, -0.1) is 0 Å². The molecule has 0 fully saturated rings. The standard InChI is InChI=1S/C13H15BrFN3/c1-2-6-18-8-9(7-17-18)13(16)10-4-3-5-11(14)12(10)15/h3-5,7-8,13H,2,6,16H2,1H3. The number of nitrogens with two attached hydrogens (primary N) is 1. The van der Waals surface area contributed by atoms with Crippen molar-refractivity contribution in [3.05, 3.63) is 52.0 Å². The summed E-state index contributed by atoms with van der Waals surface area (Å²) in [7, 11) is 0. The molecule has 1 heterocycles. The van der Waals surface area contributed by atoms with E-state index < -0.39 is 6.04 Å². The molecule has 2 N–H and O–H groups in total. The zero-order valence-corrected chi connectivity index (χ0v) is 11.7. The summed E-state index contributed by atoms with van der Waals surface area (Å²) in [5, 5.41) is 4.21. The number of aromatic nitrogens is 2. The summed E-state index contributed by atoms with van der Waals surface area (Å²) in [5.41, 5.74) is 7.37. The third kappa shape index (κ3) is 2.62. The normalized spacial score (nSPS) is 12.7. The lowest BCUT2D eigenvalue weighted by Gasteiger charge is -2.11. The van der Waals surface area contributed by atoms with Gasteiger partial charge < -0.3 is 5.73 Å². The lowest BCUT2D eigenvalue weighted by molar-refractivity contribution is 0.591. The molecule has 0 saturated heterocycles. The van der Waals surface area contributed by atoms with E-state index in [2.05, 4.69) is 28.0 Å². The van der Waals surface area contributed by atoms with Crippen LogP contribution in [-0.4, -0.2) is 9.78 Å². The maximum absolute atomic E-state index is 13.9. The van der Waals surface area contributed by atoms with Gasteiger partial charge in [0.1, 0.15) is 5.82 Å². The molecule has 0 spiro atoms. The first-order chi connectivity index (χ1) is 8.63. The number of hydrogen-bond donors (Lipinski definition) is 1. The molecule has 0 saturated carbocycles. The fourth-order valence-corrected chi connectivity index (χ4v) is 2.21. The minimum Gasteiger partial charge on any atom is -0.320 e. The van der Waals surface area contributed by atoms with Gasteiger partial charge in [-0.1, -0.05) is 19.1 Å². The van der Waals surface area contributed by atoms with Crippen molar-refractivity contribution in [2.45, 2.75) is 25.9 Å². The molecule has 0 amide bonds. The fraction of sp³-hybridized carbons (Fsp3) is 0.308. The molecule has 1 aromatic carbocycles. The molecule has 0 aliphatic heterocycles. The molecule has 0 radical (unpaired) electrons. The van der Waals surface area contributed by atoms with Crippen LogP contribution in [0.25, 0.3) is 0 Å². The summed E-state index contributed by atoms with van der Waals surface area (Å²) >= 11 is 3.17. The first kappa shape index (κ1) is 13.2. The van der Waals surface area contributed by atoms with Crippen molar-refractivity contribution in [1.29, 1.82) is 0 Å². The predicted octanol–water partition coefficient (Wildman–Crippen LogP) is 3.24. The molecular weight excluding hydrogens is 297 g/mol. The predicted molar refractivity (Wildman–Crippen MR) is 72.6 cm³/mol. The van der Waals surface area contributed by atoms with E-state index in [9.17, 15) is 4.39 Å². The highest BCUT2D eigenvalue weighted by Gasteiger charge is 2.16. The van der Waals surface area contributed by atoms with Crippen molar-refractivity contribution in [2.24, 2.45) is 5.73 Å². The van der Waals surface area contributed by atoms with E-state index in [1.54, 1.807) is 24.4 Å². The molecule has 2 aromatic rings. The summed E-state index contributed by atoms with van der Waals surface area (Å²) < 4.78 is 16.2. The van der Waals surface area contributed by atoms with E-state index in [0.29, 0.717) is 10.0 Å². The Bertz CT molecular complexity index is 539. The van der Waals surface area contributed by atoms with E-state index in [4.69, 9.17) is 5.73 Å². The Hall–Kier alpha value is -1.20. The van der Waals surface area contributed by atoms with E-state index in [1.165, 1.54) is 0 Å². The average molecular weight is 312 g/mol. The number of halogens is 2. The molecule has 5 heteroatoms. The Morgan fingerprint density at radius 2 is 2.28 bits per heavy atom. The van der Waals surface area contributed by atoms with E-state index >= 15 is 0 Å². The molecule has 3 nitrogen and oxygen atoms in total. The maximum atomic E-state index is 13.9. The molecule has 1 unspecified atom stereocenters. The second kappa shape index (κ2) is 5.63. The SMILES string of the molecule is CCCn1cc(C(N)c2cccc(Br)c2F)cn1. The third-order valence-electron chi connectivity index (χ3n) is 2.78. The molecule has 0 bridgehead atoms. The summed E-state index contributed by atoms with van der Waals surface area (Å²) in [6, 6.07) is 4.64. The zero-order valence-electron chi connectivity index (χ0n) is 10.1. The highest BCUT2D eigenvalue weighted by atomic mass is 79.9. The van der Waals surface area contributed by atoms with Crippen LogP contribution >= 0.6 is 15.9 Å². The molecule has 0 aliphatic rings. The van der Waals surface area contributed by atoms with Crippen molar-refractivity contribution in [3.63, 3.8) is 0 Å². The van der Waals surface area contributed by atoms with Gasteiger partial charge in [-0.05, 0) is 28.4 Å². The Labute approximate surface area is 114 Å². The average Bonchev–Trinajstić information content (AvgIpc) is 2.81. The number of nitrogens with zero attached hydrogens (tertiary/aromatic N) is 2. The van der Waals surface area contributed by atoms with Crippen molar-refractivity contribution < 1.29 is 4.39 Å². The number of benzene rings is 1. The Morgan fingerprint density at radius 1 is 1.50 bits per heavy atom. The van der Waals surface area contributed by atoms with Gasteiger partial charge >= 0.3 is 0 Å². The minimum absolute atomic E-state index is 0.312. The second-order valence-electron chi connectivity index (χ2n) is 4.16. The van der Waals surface area contributed by atoms with Gasteiger partial charge in [0.2, 0.25) is 0 Å². The molecule has 96 valence electrons. The number of hydrogen-bond acceptors (Lipinski definition) is 2. The van der Waals surface area contributed by atoms with Gasteiger partial charge in [-0.25, -0.2) is 4.39 Å². The number of rotatable bonds is 4. The van der Waals surface area contributed by atoms with Gasteiger partial charge in [0.05, 0.1) is 16.7 Å². The van der Waals surface area contributed by atoms with Crippen LogP contribution in [0.4, 0.5) is 4.39 Å². The second-order valence-corrected chi connectivity index (χ2v) is 5.01. The quantitative estimate of drug-likeness (QED) is 0.942. The van der Waals surface area contributed by atoms with Crippen LogP contribution in [0, 0.1) is 5.82 Å². The highest BCUT2D eigenvalue weighted by molar-refractivity contribution is 9.10. The lowest BCUT2D eigenvalue weighted by atomic mass is 10.0.